The van der Waals surface area contributed by atoms with E-state index >= 15 is 0 Å². The Bertz CT molecular complexity index is 1040. The number of aliphatic hydroxyl groups is 2. The van der Waals surface area contributed by atoms with Gasteiger partial charge in [-0.3, -0.25) is 14.5 Å². The van der Waals surface area contributed by atoms with Gasteiger partial charge in [-0.05, 0) is 29.2 Å². The second-order valence-corrected chi connectivity index (χ2v) is 9.08. The van der Waals surface area contributed by atoms with Crippen molar-refractivity contribution in [2.24, 2.45) is 0 Å². The van der Waals surface area contributed by atoms with Crippen molar-refractivity contribution in [3.8, 4) is 0 Å². The quantitative estimate of drug-likeness (QED) is 0.468. The topological polar surface area (TPSA) is 102 Å². The van der Waals surface area contributed by atoms with Gasteiger partial charge >= 0.3 is 0 Å². The molecule has 1 aliphatic heterocycles. The molecule has 0 aliphatic carbocycles. The fraction of sp³-hybridized carbons (Fsp3) is 0.417. The molecule has 0 saturated carbocycles. The number of nitrogens with one attached hydrogen (secondary N) is 2. The number of amides is 2. The minimum absolute atomic E-state index is 0.0245. The molecule has 178 valence electrons. The van der Waals surface area contributed by atoms with E-state index in [1.165, 1.54) is 13.1 Å². The summed E-state index contributed by atoms with van der Waals surface area (Å²) in [6.45, 7) is 4.51. The van der Waals surface area contributed by atoms with Crippen LogP contribution in [0.4, 0.5) is 10.1 Å². The van der Waals surface area contributed by atoms with Gasteiger partial charge in [-0.2, -0.15) is 0 Å². The van der Waals surface area contributed by atoms with Gasteiger partial charge < -0.3 is 20.8 Å². The number of hydrogen-bond acceptors (Lipinski definition) is 5. The summed E-state index contributed by atoms with van der Waals surface area (Å²) in [5, 5.41) is 24.0. The molecule has 1 saturated heterocycles. The monoisotopic (exact) mass is 477 g/mol. The third-order valence-electron chi connectivity index (χ3n) is 5.98. The predicted molar refractivity (Wildman–Crippen MR) is 125 cm³/mol. The zero-order chi connectivity index (χ0) is 24.3. The van der Waals surface area contributed by atoms with Crippen LogP contribution >= 0.6 is 11.6 Å². The molecule has 2 amide bonds. The highest BCUT2D eigenvalue weighted by Crippen LogP contribution is 2.40. The van der Waals surface area contributed by atoms with Gasteiger partial charge in [-0.15, -0.1) is 0 Å². The Kier molecular flexibility index (Phi) is 7.74. The molecule has 0 unspecified atom stereocenters. The molecular weight excluding hydrogens is 449 g/mol. The molecule has 4 N–H and O–H groups in total. The number of hydrogen-bond donors (Lipinski definition) is 4. The summed E-state index contributed by atoms with van der Waals surface area (Å²) in [6.07, 6.45) is -0.920. The van der Waals surface area contributed by atoms with E-state index in [-0.39, 0.29) is 35.3 Å². The van der Waals surface area contributed by atoms with Crippen molar-refractivity contribution >= 4 is 29.1 Å². The van der Waals surface area contributed by atoms with Gasteiger partial charge in [0.1, 0.15) is 5.82 Å². The van der Waals surface area contributed by atoms with E-state index in [1.807, 2.05) is 43.0 Å². The van der Waals surface area contributed by atoms with E-state index in [1.54, 1.807) is 0 Å². The molecular formula is C24H29ClFN3O4. The van der Waals surface area contributed by atoms with Crippen LogP contribution < -0.4 is 10.6 Å². The van der Waals surface area contributed by atoms with Crippen molar-refractivity contribution in [3.63, 3.8) is 0 Å². The van der Waals surface area contributed by atoms with E-state index in [0.717, 1.165) is 17.2 Å². The highest BCUT2D eigenvalue weighted by molar-refractivity contribution is 6.31. The third-order valence-corrected chi connectivity index (χ3v) is 6.27. The van der Waals surface area contributed by atoms with Crippen LogP contribution in [0.3, 0.4) is 0 Å². The lowest BCUT2D eigenvalue weighted by Gasteiger charge is -2.50. The molecule has 1 atom stereocenters. The smallest absolute Gasteiger partial charge is 0.253 e. The van der Waals surface area contributed by atoms with Gasteiger partial charge in [0, 0.05) is 26.7 Å². The van der Waals surface area contributed by atoms with Crippen LogP contribution in [0.25, 0.3) is 0 Å². The molecule has 1 heterocycles. The lowest BCUT2D eigenvalue weighted by atomic mass is 9.69. The standard InChI is InChI=1S/C24H29ClFN3O4/c1-14(2)16-6-4-5-7-18(16)24(12-29(13-24)10-15(31)11-30)23(33)28-21-9-20(26)19(25)8-17(21)22(32)27-3/h4-9,14-15,30-31H,10-13H2,1-3H3,(H,27,32)(H,28,33)/t15-/m1/s1. The number of rotatable bonds is 8. The van der Waals surface area contributed by atoms with E-state index in [9.17, 15) is 24.2 Å². The highest BCUT2D eigenvalue weighted by atomic mass is 35.5. The Hall–Kier alpha value is -2.52. The average Bonchev–Trinajstić information content (AvgIpc) is 2.77. The molecule has 0 radical (unpaired) electrons. The number of nitrogens with zero attached hydrogens (tertiary/aromatic N) is 1. The van der Waals surface area contributed by atoms with Gasteiger partial charge in [0.05, 0.1) is 34.4 Å². The lowest BCUT2D eigenvalue weighted by molar-refractivity contribution is -0.129. The van der Waals surface area contributed by atoms with Crippen LogP contribution in [0.5, 0.6) is 0 Å². The Morgan fingerprint density at radius 1 is 1.24 bits per heavy atom. The largest absolute Gasteiger partial charge is 0.394 e. The molecule has 1 aliphatic rings. The van der Waals surface area contributed by atoms with Crippen LogP contribution in [-0.2, 0) is 10.2 Å². The fourth-order valence-electron chi connectivity index (χ4n) is 4.29. The van der Waals surface area contributed by atoms with Crippen LogP contribution in [0.1, 0.15) is 41.3 Å². The van der Waals surface area contributed by atoms with Crippen molar-refractivity contribution in [2.45, 2.75) is 31.3 Å². The van der Waals surface area contributed by atoms with Gasteiger partial charge in [0.15, 0.2) is 0 Å². The van der Waals surface area contributed by atoms with Gasteiger partial charge in [-0.25, -0.2) is 4.39 Å². The molecule has 9 heteroatoms. The zero-order valence-corrected chi connectivity index (χ0v) is 19.6. The maximum absolute atomic E-state index is 14.2. The molecule has 0 aromatic heterocycles. The second kappa shape index (κ2) is 10.2. The van der Waals surface area contributed by atoms with Crippen LogP contribution in [-0.4, -0.2) is 66.3 Å². The Morgan fingerprint density at radius 2 is 1.91 bits per heavy atom. The van der Waals surface area contributed by atoms with E-state index < -0.39 is 29.2 Å². The number of carbonyl (C=O) groups is 2. The fourth-order valence-corrected chi connectivity index (χ4v) is 4.45. The Labute approximate surface area is 197 Å². The Balaban J connectivity index is 2.01. The molecule has 33 heavy (non-hydrogen) atoms. The maximum Gasteiger partial charge on any atom is 0.253 e. The van der Waals surface area contributed by atoms with Crippen molar-refractivity contribution in [1.82, 2.24) is 10.2 Å². The van der Waals surface area contributed by atoms with Gasteiger partial charge in [-0.1, -0.05) is 49.7 Å². The summed E-state index contributed by atoms with van der Waals surface area (Å²) in [5.41, 5.74) is 0.937. The molecule has 0 spiro atoms. The number of likely N-dealkylation sites (tertiary alicyclic amines) is 1. The van der Waals surface area contributed by atoms with E-state index in [0.29, 0.717) is 13.1 Å². The number of anilines is 1. The number of carbonyl (C=O) groups excluding carboxylic acids is 2. The molecule has 3 rings (SSSR count). The number of benzene rings is 2. The van der Waals surface area contributed by atoms with E-state index in [4.69, 9.17) is 11.6 Å². The second-order valence-electron chi connectivity index (χ2n) is 8.68. The minimum atomic E-state index is -0.980. The van der Waals surface area contributed by atoms with Crippen molar-refractivity contribution in [1.29, 1.82) is 0 Å². The summed E-state index contributed by atoms with van der Waals surface area (Å²) >= 11 is 5.87. The number of β-amino-alcohol motifs (C(OH)–C–C–N with tert-alkyl or cyclic N) is 1. The summed E-state index contributed by atoms with van der Waals surface area (Å²) < 4.78 is 14.2. The summed E-state index contributed by atoms with van der Waals surface area (Å²) in [7, 11) is 1.43. The lowest BCUT2D eigenvalue weighted by Crippen LogP contribution is -2.66. The van der Waals surface area contributed by atoms with E-state index in [2.05, 4.69) is 10.6 Å². The third kappa shape index (κ3) is 5.04. The zero-order valence-electron chi connectivity index (χ0n) is 18.9. The minimum Gasteiger partial charge on any atom is -0.394 e. The SMILES string of the molecule is CNC(=O)c1cc(Cl)c(F)cc1NC(=O)C1(c2ccccc2C(C)C)CN(C[C@@H](O)CO)C1. The first kappa shape index (κ1) is 25.1. The molecule has 7 nitrogen and oxygen atoms in total. The number of aliphatic hydroxyl groups excluding tert-OH is 2. The van der Waals surface area contributed by atoms with Crippen LogP contribution in [0.15, 0.2) is 36.4 Å². The van der Waals surface area contributed by atoms with Crippen LogP contribution in [0.2, 0.25) is 5.02 Å². The molecule has 0 bridgehead atoms. The molecule has 2 aromatic rings. The number of halogens is 2. The molecule has 1 fully saturated rings. The van der Waals surface area contributed by atoms with Crippen molar-refractivity contribution < 1.29 is 24.2 Å². The average molecular weight is 478 g/mol. The maximum atomic E-state index is 14.2. The van der Waals surface area contributed by atoms with Crippen molar-refractivity contribution in [2.75, 3.05) is 38.6 Å². The van der Waals surface area contributed by atoms with Gasteiger partial charge in [0.25, 0.3) is 5.91 Å². The first-order chi connectivity index (χ1) is 15.6. The van der Waals surface area contributed by atoms with Crippen molar-refractivity contribution in [3.05, 3.63) is 63.9 Å². The highest BCUT2D eigenvalue weighted by Gasteiger charge is 2.52. The summed E-state index contributed by atoms with van der Waals surface area (Å²) in [6, 6.07) is 9.87. The van der Waals surface area contributed by atoms with Gasteiger partial charge in [0.2, 0.25) is 5.91 Å². The Morgan fingerprint density at radius 3 is 2.52 bits per heavy atom. The molecule has 2 aromatic carbocycles. The summed E-state index contributed by atoms with van der Waals surface area (Å²) in [5.74, 6) is -1.50. The normalized spacial score (nSPS) is 16.2. The summed E-state index contributed by atoms with van der Waals surface area (Å²) in [4.78, 5) is 27.9. The predicted octanol–water partition coefficient (Wildman–Crippen LogP) is 2.51. The van der Waals surface area contributed by atoms with Crippen LogP contribution in [0, 0.1) is 5.82 Å². The first-order valence-corrected chi connectivity index (χ1v) is 11.1. The first-order valence-electron chi connectivity index (χ1n) is 10.8.